The maximum absolute atomic E-state index is 7.11. The third kappa shape index (κ3) is 8.21. The minimum absolute atomic E-state index is 0.539. The fraction of sp³-hybridized carbons (Fsp3) is 0.118. The van der Waals surface area contributed by atoms with Crippen molar-refractivity contribution >= 4 is 76.6 Å². The first-order chi connectivity index (χ1) is 20.9. The second-order valence-corrected chi connectivity index (χ2v) is 11.2. The maximum Gasteiger partial charge on any atom is 0.188 e. The monoisotopic (exact) mass is 716 g/mol. The van der Waals surface area contributed by atoms with E-state index >= 15 is 0 Å². The Kier molecular flexibility index (Phi) is 11.3. The fourth-order valence-corrected chi connectivity index (χ4v) is 5.48. The Balaban J connectivity index is 0.000000163. The van der Waals surface area contributed by atoms with Gasteiger partial charge in [-0.25, -0.2) is 9.69 Å². The Bertz CT molecular complexity index is 1920. The number of fused-ring (bicyclic) bond motifs is 2. The number of halogens is 3. The van der Waals surface area contributed by atoms with Gasteiger partial charge in [0.05, 0.1) is 27.4 Å². The van der Waals surface area contributed by atoms with Crippen LogP contribution in [0, 0.1) is 13.1 Å². The van der Waals surface area contributed by atoms with E-state index in [2.05, 4.69) is 63.4 Å². The molecule has 4 aromatic carbocycles. The highest BCUT2D eigenvalue weighted by Crippen LogP contribution is 2.31. The lowest BCUT2D eigenvalue weighted by molar-refractivity contribution is 0.414. The number of benzene rings is 4. The van der Waals surface area contributed by atoms with Crippen LogP contribution < -0.4 is 9.47 Å². The zero-order valence-corrected chi connectivity index (χ0v) is 27.4. The van der Waals surface area contributed by atoms with Crippen LogP contribution in [0.1, 0.15) is 11.1 Å². The van der Waals surface area contributed by atoms with Crippen molar-refractivity contribution in [2.45, 2.75) is 12.4 Å². The van der Waals surface area contributed by atoms with E-state index in [0.717, 1.165) is 54.4 Å². The van der Waals surface area contributed by atoms with Gasteiger partial charge in [0.15, 0.2) is 11.4 Å². The SMILES string of the molecule is COc1cccc(CCl)c1.[C-]#[N+]c1ccc2[nH]cc(Br)c2c1.[C-]#[N+]c1ccc2c(c1)c(Br)cn2Cc1cccc(OC)c1. The molecular weight excluding hydrogens is 692 g/mol. The van der Waals surface area contributed by atoms with Crippen molar-refractivity contribution in [1.29, 1.82) is 0 Å². The van der Waals surface area contributed by atoms with E-state index in [0.29, 0.717) is 17.3 Å². The van der Waals surface area contributed by atoms with Gasteiger partial charge in [-0.3, -0.25) is 0 Å². The minimum atomic E-state index is 0.539. The summed E-state index contributed by atoms with van der Waals surface area (Å²) >= 11 is 12.6. The number of methoxy groups -OCH3 is 2. The lowest BCUT2D eigenvalue weighted by atomic mass is 10.2. The Morgan fingerprint density at radius 2 is 1.37 bits per heavy atom. The van der Waals surface area contributed by atoms with E-state index in [1.807, 2.05) is 79.0 Å². The third-order valence-corrected chi connectivity index (χ3v) is 8.06. The second kappa shape index (κ2) is 15.3. The molecule has 216 valence electrons. The normalized spacial score (nSPS) is 10.1. The number of alkyl halides is 1. The van der Waals surface area contributed by atoms with Crippen LogP contribution in [-0.2, 0) is 12.4 Å². The largest absolute Gasteiger partial charge is 0.497 e. The standard InChI is InChI=1S/C17H13BrN2O.C9H5BrN2.C8H9ClO/c1-19-13-6-7-17-15(9-13)16(18)11-20(17)10-12-4-3-5-14(8-12)21-2;1-11-6-2-3-9-7(4-6)8(10)5-12-9;1-10-8-4-2-3-7(5-8)6-9/h3-9,11H,10H2,2H3;2-5,12H;2-5H,6H2,1H3. The number of nitrogens with one attached hydrogen (secondary N) is 1. The zero-order chi connectivity index (χ0) is 30.8. The van der Waals surface area contributed by atoms with E-state index < -0.39 is 0 Å². The molecule has 0 aliphatic rings. The summed E-state index contributed by atoms with van der Waals surface area (Å²) in [7, 11) is 3.32. The first-order valence-corrected chi connectivity index (χ1v) is 15.1. The van der Waals surface area contributed by atoms with Crippen LogP contribution in [0.2, 0.25) is 0 Å². The smallest absolute Gasteiger partial charge is 0.188 e. The van der Waals surface area contributed by atoms with Gasteiger partial charge in [0, 0.05) is 55.6 Å². The van der Waals surface area contributed by atoms with Crippen molar-refractivity contribution in [3.63, 3.8) is 0 Å². The molecule has 2 aromatic heterocycles. The summed E-state index contributed by atoms with van der Waals surface area (Å²) in [5.74, 6) is 2.26. The van der Waals surface area contributed by atoms with Gasteiger partial charge in [-0.05, 0) is 91.5 Å². The molecule has 0 spiro atoms. The first-order valence-electron chi connectivity index (χ1n) is 13.0. The Labute approximate surface area is 272 Å². The van der Waals surface area contributed by atoms with Crippen LogP contribution in [0.4, 0.5) is 11.4 Å². The molecule has 6 aromatic rings. The minimum Gasteiger partial charge on any atom is -0.497 e. The molecule has 0 amide bonds. The number of H-pyrrole nitrogens is 1. The number of aromatic nitrogens is 2. The van der Waals surface area contributed by atoms with E-state index in [1.165, 1.54) is 5.56 Å². The molecule has 0 bridgehead atoms. The maximum atomic E-state index is 7.11. The lowest BCUT2D eigenvalue weighted by Crippen LogP contribution is -1.98. The van der Waals surface area contributed by atoms with E-state index in [-0.39, 0.29) is 0 Å². The molecule has 2 heterocycles. The van der Waals surface area contributed by atoms with Crippen LogP contribution in [0.3, 0.4) is 0 Å². The summed E-state index contributed by atoms with van der Waals surface area (Å²) in [5, 5.41) is 2.12. The van der Waals surface area contributed by atoms with Gasteiger partial charge >= 0.3 is 0 Å². The van der Waals surface area contributed by atoms with Crippen molar-refractivity contribution in [2.24, 2.45) is 0 Å². The molecule has 43 heavy (non-hydrogen) atoms. The summed E-state index contributed by atoms with van der Waals surface area (Å²) in [6, 6.07) is 27.1. The summed E-state index contributed by atoms with van der Waals surface area (Å²) in [6.07, 6.45) is 3.93. The second-order valence-electron chi connectivity index (χ2n) is 9.23. The molecule has 0 saturated heterocycles. The summed E-state index contributed by atoms with van der Waals surface area (Å²) in [4.78, 5) is 9.93. The molecule has 0 aliphatic carbocycles. The van der Waals surface area contributed by atoms with Gasteiger partial charge in [-0.2, -0.15) is 0 Å². The van der Waals surface area contributed by atoms with E-state index in [9.17, 15) is 0 Å². The van der Waals surface area contributed by atoms with Gasteiger partial charge in [0.2, 0.25) is 0 Å². The molecular formula is C34H27Br2ClN4O2. The molecule has 9 heteroatoms. The highest BCUT2D eigenvalue weighted by molar-refractivity contribution is 9.11. The molecule has 0 saturated carbocycles. The van der Waals surface area contributed by atoms with Gasteiger partial charge in [0.1, 0.15) is 11.5 Å². The Hall–Kier alpha value is -4.21. The molecule has 0 unspecified atom stereocenters. The highest BCUT2D eigenvalue weighted by Gasteiger charge is 2.08. The van der Waals surface area contributed by atoms with Crippen LogP contribution in [0.5, 0.6) is 11.5 Å². The summed E-state index contributed by atoms with van der Waals surface area (Å²) in [5.41, 5.74) is 5.74. The van der Waals surface area contributed by atoms with Crippen molar-refractivity contribution in [2.75, 3.05) is 14.2 Å². The quantitative estimate of drug-likeness (QED) is 0.143. The number of ether oxygens (including phenoxy) is 2. The average Bonchev–Trinajstić information content (AvgIpc) is 3.59. The van der Waals surface area contributed by atoms with Crippen molar-refractivity contribution in [3.8, 4) is 11.5 Å². The molecule has 0 fully saturated rings. The number of hydrogen-bond donors (Lipinski definition) is 1. The van der Waals surface area contributed by atoms with E-state index in [4.69, 9.17) is 34.2 Å². The number of rotatable bonds is 5. The Morgan fingerprint density at radius 3 is 2.00 bits per heavy atom. The number of nitrogens with zero attached hydrogens (tertiary/aromatic N) is 3. The van der Waals surface area contributed by atoms with Gasteiger partial charge in [-0.15, -0.1) is 11.6 Å². The highest BCUT2D eigenvalue weighted by atomic mass is 79.9. The average molecular weight is 719 g/mol. The Morgan fingerprint density at radius 1 is 0.767 bits per heavy atom. The lowest BCUT2D eigenvalue weighted by Gasteiger charge is -2.07. The molecule has 0 aliphatic heterocycles. The molecule has 0 atom stereocenters. The van der Waals surface area contributed by atoms with Gasteiger partial charge < -0.3 is 19.0 Å². The van der Waals surface area contributed by atoms with Gasteiger partial charge in [-0.1, -0.05) is 36.4 Å². The zero-order valence-electron chi connectivity index (χ0n) is 23.4. The van der Waals surface area contributed by atoms with Crippen LogP contribution >= 0.6 is 43.5 Å². The molecule has 0 radical (unpaired) electrons. The predicted octanol–water partition coefficient (Wildman–Crippen LogP) is 10.9. The molecule has 6 rings (SSSR count). The third-order valence-electron chi connectivity index (χ3n) is 6.46. The molecule has 1 N–H and O–H groups in total. The van der Waals surface area contributed by atoms with Crippen molar-refractivity contribution in [1.82, 2.24) is 9.55 Å². The molecule has 6 nitrogen and oxygen atoms in total. The number of hydrogen-bond acceptors (Lipinski definition) is 2. The van der Waals surface area contributed by atoms with Crippen LogP contribution in [-0.4, -0.2) is 23.8 Å². The predicted molar refractivity (Wildman–Crippen MR) is 183 cm³/mol. The summed E-state index contributed by atoms with van der Waals surface area (Å²) in [6.45, 7) is 14.7. The van der Waals surface area contributed by atoms with E-state index in [1.54, 1.807) is 20.3 Å². The summed E-state index contributed by atoms with van der Waals surface area (Å²) < 4.78 is 14.4. The van der Waals surface area contributed by atoms with Crippen molar-refractivity contribution in [3.05, 3.63) is 140 Å². The fourth-order valence-electron chi connectivity index (χ4n) is 4.31. The van der Waals surface area contributed by atoms with Gasteiger partial charge in [0.25, 0.3) is 0 Å². The van der Waals surface area contributed by atoms with Crippen molar-refractivity contribution < 1.29 is 9.47 Å². The number of aromatic amines is 1. The topological polar surface area (TPSA) is 47.9 Å². The van der Waals surface area contributed by atoms with Crippen LogP contribution in [0.25, 0.3) is 31.5 Å². The first kappa shape index (κ1) is 31.7. The van der Waals surface area contributed by atoms with Crippen LogP contribution in [0.15, 0.2) is 106 Å².